The van der Waals surface area contributed by atoms with Crippen LogP contribution in [0.5, 0.6) is 0 Å². The van der Waals surface area contributed by atoms with Crippen molar-refractivity contribution in [1.29, 1.82) is 0 Å². The molecule has 0 bridgehead atoms. The van der Waals surface area contributed by atoms with Gasteiger partial charge in [-0.25, -0.2) is 8.42 Å². The summed E-state index contributed by atoms with van der Waals surface area (Å²) in [4.78, 5) is 0. The Hall–Kier alpha value is -1.66. The van der Waals surface area contributed by atoms with E-state index in [0.29, 0.717) is 13.0 Å². The van der Waals surface area contributed by atoms with Crippen LogP contribution in [0.25, 0.3) is 11.3 Å². The average Bonchev–Trinajstić information content (AvgIpc) is 3.01. The fraction of sp³-hybridized carbons (Fsp3) is 0.500. The molecule has 6 heteroatoms. The fourth-order valence-electron chi connectivity index (χ4n) is 3.47. The van der Waals surface area contributed by atoms with Crippen LogP contribution in [-0.2, 0) is 16.4 Å². The highest BCUT2D eigenvalue weighted by Gasteiger charge is 2.28. The lowest BCUT2D eigenvalue weighted by atomic mass is 9.94. The molecule has 3 rings (SSSR count). The molecule has 0 saturated heterocycles. The van der Waals surface area contributed by atoms with Crippen LogP contribution in [0, 0.1) is 6.92 Å². The molecule has 1 fully saturated rings. The van der Waals surface area contributed by atoms with Crippen molar-refractivity contribution >= 4 is 9.84 Å². The zero-order chi connectivity index (χ0) is 17.2. The smallest absolute Gasteiger partial charge is 0.150 e. The molecule has 1 saturated carbocycles. The fourth-order valence-corrected chi connectivity index (χ4v) is 4.65. The van der Waals surface area contributed by atoms with Crippen LogP contribution in [0.3, 0.4) is 0 Å². The number of sulfone groups is 1. The van der Waals surface area contributed by atoms with Gasteiger partial charge in [0.1, 0.15) is 9.84 Å². The lowest BCUT2D eigenvalue weighted by molar-refractivity contribution is 0.371. The van der Waals surface area contributed by atoms with Crippen LogP contribution in [-0.4, -0.2) is 36.2 Å². The molecule has 1 aliphatic carbocycles. The number of rotatable bonds is 5. The lowest BCUT2D eigenvalue weighted by Crippen LogP contribution is -2.38. The second-order valence-electron chi connectivity index (χ2n) is 6.84. The van der Waals surface area contributed by atoms with E-state index >= 15 is 0 Å². The molecule has 1 aliphatic rings. The van der Waals surface area contributed by atoms with Crippen molar-refractivity contribution < 1.29 is 8.42 Å². The van der Waals surface area contributed by atoms with Crippen LogP contribution in [0.15, 0.2) is 30.5 Å². The van der Waals surface area contributed by atoms with Gasteiger partial charge < -0.3 is 5.32 Å². The van der Waals surface area contributed by atoms with Crippen molar-refractivity contribution in [1.82, 2.24) is 15.5 Å². The highest BCUT2D eigenvalue weighted by atomic mass is 32.2. The van der Waals surface area contributed by atoms with E-state index in [9.17, 15) is 8.42 Å². The van der Waals surface area contributed by atoms with E-state index in [0.717, 1.165) is 36.1 Å². The number of nitrogens with one attached hydrogen (secondary N) is 2. The van der Waals surface area contributed by atoms with Gasteiger partial charge in [-0.2, -0.15) is 5.10 Å². The maximum absolute atomic E-state index is 11.8. The Morgan fingerprint density at radius 2 is 2.17 bits per heavy atom. The molecule has 0 unspecified atom stereocenters. The van der Waals surface area contributed by atoms with Gasteiger partial charge in [-0.3, -0.25) is 5.10 Å². The Labute approximate surface area is 143 Å². The summed E-state index contributed by atoms with van der Waals surface area (Å²) >= 11 is 0. The zero-order valence-corrected chi connectivity index (χ0v) is 15.1. The van der Waals surface area contributed by atoms with Gasteiger partial charge >= 0.3 is 0 Å². The molecule has 130 valence electrons. The molecule has 24 heavy (non-hydrogen) atoms. The average molecular weight is 347 g/mol. The van der Waals surface area contributed by atoms with Crippen molar-refractivity contribution in [3.05, 3.63) is 41.6 Å². The van der Waals surface area contributed by atoms with Crippen molar-refractivity contribution in [2.24, 2.45) is 0 Å². The van der Waals surface area contributed by atoms with E-state index in [1.807, 2.05) is 12.3 Å². The molecule has 2 atom stereocenters. The van der Waals surface area contributed by atoms with Crippen LogP contribution in [0.1, 0.15) is 36.8 Å². The monoisotopic (exact) mass is 347 g/mol. The summed E-state index contributed by atoms with van der Waals surface area (Å²) in [7, 11) is -2.95. The molecule has 2 aromatic rings. The number of hydrogen-bond donors (Lipinski definition) is 2. The number of benzene rings is 1. The summed E-state index contributed by atoms with van der Waals surface area (Å²) < 4.78 is 23.6. The van der Waals surface area contributed by atoms with Crippen LogP contribution < -0.4 is 5.32 Å². The standard InChI is InChI=1S/C18H25N3O2S/c1-13-5-3-6-14(9-13)18-15(12-20-21-18)11-19-16-7-4-8-17(10-16)24(2,22)23/h3,5-6,9,12,16-17,19H,4,7-8,10-11H2,1-2H3,(H,20,21)/t16-,17+/m0/s1. The maximum atomic E-state index is 11.8. The Balaban J connectivity index is 1.67. The molecular formula is C18H25N3O2S. The van der Waals surface area contributed by atoms with Gasteiger partial charge in [0.25, 0.3) is 0 Å². The van der Waals surface area contributed by atoms with Gasteiger partial charge in [0.2, 0.25) is 0 Å². The number of nitrogens with zero attached hydrogens (tertiary/aromatic N) is 1. The predicted octanol–water partition coefficient (Wildman–Crippen LogP) is 2.83. The topological polar surface area (TPSA) is 74.8 Å². The minimum atomic E-state index is -2.95. The third-order valence-electron chi connectivity index (χ3n) is 4.84. The van der Waals surface area contributed by atoms with Gasteiger partial charge in [-0.05, 0) is 32.3 Å². The largest absolute Gasteiger partial charge is 0.310 e. The van der Waals surface area contributed by atoms with Crippen LogP contribution in [0.4, 0.5) is 0 Å². The molecule has 0 spiro atoms. The zero-order valence-electron chi connectivity index (χ0n) is 14.2. The summed E-state index contributed by atoms with van der Waals surface area (Å²) in [5, 5.41) is 10.6. The van der Waals surface area contributed by atoms with Crippen molar-refractivity contribution in [2.75, 3.05) is 6.26 Å². The first-order valence-corrected chi connectivity index (χ1v) is 10.4. The van der Waals surface area contributed by atoms with Gasteiger partial charge in [-0.15, -0.1) is 0 Å². The van der Waals surface area contributed by atoms with Gasteiger partial charge in [0.15, 0.2) is 0 Å². The minimum Gasteiger partial charge on any atom is -0.310 e. The SMILES string of the molecule is Cc1cccc(-c2[nH]ncc2CN[C@H]2CCC[C@@H](S(C)(=O)=O)C2)c1. The Bertz CT molecular complexity index is 798. The van der Waals surface area contributed by atoms with Crippen LogP contribution in [0.2, 0.25) is 0 Å². The lowest BCUT2D eigenvalue weighted by Gasteiger charge is -2.28. The summed E-state index contributed by atoms with van der Waals surface area (Å²) in [6, 6.07) is 8.58. The molecular weight excluding hydrogens is 322 g/mol. The highest BCUT2D eigenvalue weighted by Crippen LogP contribution is 2.25. The normalized spacial score (nSPS) is 21.8. The summed E-state index contributed by atoms with van der Waals surface area (Å²) in [6.45, 7) is 2.77. The van der Waals surface area contributed by atoms with Crippen molar-refractivity contribution in [2.45, 2.75) is 50.4 Å². The molecule has 2 N–H and O–H groups in total. The van der Waals surface area contributed by atoms with Crippen molar-refractivity contribution in [3.63, 3.8) is 0 Å². The van der Waals surface area contributed by atoms with Gasteiger partial charge in [0, 0.05) is 30.0 Å². The number of aryl methyl sites for hydroxylation is 1. The van der Waals surface area contributed by atoms with E-state index in [1.54, 1.807) is 0 Å². The first-order valence-electron chi connectivity index (χ1n) is 8.45. The third-order valence-corrected chi connectivity index (χ3v) is 6.48. The molecule has 5 nitrogen and oxygen atoms in total. The molecule has 0 aliphatic heterocycles. The summed E-state index contributed by atoms with van der Waals surface area (Å²) in [6.07, 6.45) is 6.69. The summed E-state index contributed by atoms with van der Waals surface area (Å²) in [5.41, 5.74) is 4.48. The number of aromatic amines is 1. The predicted molar refractivity (Wildman–Crippen MR) is 96.5 cm³/mol. The van der Waals surface area contributed by atoms with E-state index in [4.69, 9.17) is 0 Å². The molecule has 1 heterocycles. The molecule has 1 aromatic carbocycles. The summed E-state index contributed by atoms with van der Waals surface area (Å²) in [5.74, 6) is 0. The minimum absolute atomic E-state index is 0.204. The second kappa shape index (κ2) is 7.07. The van der Waals surface area contributed by atoms with Gasteiger partial charge in [-0.1, -0.05) is 30.2 Å². The molecule has 0 radical (unpaired) electrons. The van der Waals surface area contributed by atoms with Crippen LogP contribution >= 0.6 is 0 Å². The van der Waals surface area contributed by atoms with Crippen molar-refractivity contribution in [3.8, 4) is 11.3 Å². The number of H-pyrrole nitrogens is 1. The Morgan fingerprint density at radius 1 is 1.33 bits per heavy atom. The number of aromatic nitrogens is 2. The maximum Gasteiger partial charge on any atom is 0.150 e. The van der Waals surface area contributed by atoms with E-state index in [2.05, 4.69) is 40.6 Å². The number of hydrogen-bond acceptors (Lipinski definition) is 4. The first-order chi connectivity index (χ1) is 11.4. The second-order valence-corrected chi connectivity index (χ2v) is 9.16. The highest BCUT2D eigenvalue weighted by molar-refractivity contribution is 7.91. The van der Waals surface area contributed by atoms with E-state index < -0.39 is 9.84 Å². The van der Waals surface area contributed by atoms with E-state index in [1.165, 1.54) is 11.8 Å². The van der Waals surface area contributed by atoms with Gasteiger partial charge in [0.05, 0.1) is 17.1 Å². The Kier molecular flexibility index (Phi) is 5.06. The third kappa shape index (κ3) is 4.05. The Morgan fingerprint density at radius 3 is 2.92 bits per heavy atom. The van der Waals surface area contributed by atoms with E-state index in [-0.39, 0.29) is 11.3 Å². The molecule has 1 aromatic heterocycles. The molecule has 0 amide bonds. The quantitative estimate of drug-likeness (QED) is 0.872. The first kappa shape index (κ1) is 17.2.